The minimum Gasteiger partial charge on any atom is -0.314 e. The highest BCUT2D eigenvalue weighted by molar-refractivity contribution is 7.10. The fourth-order valence-corrected chi connectivity index (χ4v) is 3.09. The summed E-state index contributed by atoms with van der Waals surface area (Å²) in [5, 5.41) is 5.57. The number of nitrogens with zero attached hydrogens (tertiary/aromatic N) is 3. The third kappa shape index (κ3) is 2.75. The van der Waals surface area contributed by atoms with Gasteiger partial charge in [0.25, 0.3) is 0 Å². The SMILES string of the molecule is c1ncc(-c2csc(CN3CCNCC3)c2)cn1. The lowest BCUT2D eigenvalue weighted by atomic mass is 10.2. The number of aromatic nitrogens is 2. The molecule has 1 aliphatic heterocycles. The van der Waals surface area contributed by atoms with Crippen molar-refractivity contribution in [3.63, 3.8) is 0 Å². The van der Waals surface area contributed by atoms with Crippen molar-refractivity contribution in [3.8, 4) is 11.1 Å². The zero-order valence-electron chi connectivity index (χ0n) is 10.2. The Kier molecular flexibility index (Phi) is 3.64. The van der Waals surface area contributed by atoms with Crippen molar-refractivity contribution in [1.29, 1.82) is 0 Å². The molecule has 0 aliphatic carbocycles. The van der Waals surface area contributed by atoms with Crippen LogP contribution in [0.25, 0.3) is 11.1 Å². The van der Waals surface area contributed by atoms with Crippen molar-refractivity contribution in [2.24, 2.45) is 0 Å². The molecule has 94 valence electrons. The van der Waals surface area contributed by atoms with Crippen LogP contribution < -0.4 is 5.32 Å². The van der Waals surface area contributed by atoms with Crippen LogP contribution in [0.3, 0.4) is 0 Å². The molecule has 1 saturated heterocycles. The van der Waals surface area contributed by atoms with Gasteiger partial charge in [-0.3, -0.25) is 4.90 Å². The first kappa shape index (κ1) is 11.8. The van der Waals surface area contributed by atoms with Gasteiger partial charge in [-0.1, -0.05) is 0 Å². The zero-order chi connectivity index (χ0) is 12.2. The molecule has 2 aromatic heterocycles. The number of thiophene rings is 1. The van der Waals surface area contributed by atoms with E-state index in [-0.39, 0.29) is 0 Å². The number of rotatable bonds is 3. The molecule has 3 rings (SSSR count). The quantitative estimate of drug-likeness (QED) is 0.910. The number of hydrogen-bond acceptors (Lipinski definition) is 5. The van der Waals surface area contributed by atoms with Crippen LogP contribution in [0.4, 0.5) is 0 Å². The van der Waals surface area contributed by atoms with Gasteiger partial charge in [0.05, 0.1) is 0 Å². The van der Waals surface area contributed by atoms with E-state index in [1.165, 1.54) is 10.4 Å². The van der Waals surface area contributed by atoms with E-state index in [1.54, 1.807) is 6.33 Å². The van der Waals surface area contributed by atoms with Gasteiger partial charge in [0.1, 0.15) is 6.33 Å². The summed E-state index contributed by atoms with van der Waals surface area (Å²) in [5.41, 5.74) is 2.33. The second-order valence-corrected chi connectivity index (χ2v) is 5.45. The second-order valence-electron chi connectivity index (χ2n) is 4.45. The van der Waals surface area contributed by atoms with Gasteiger partial charge in [-0.25, -0.2) is 9.97 Å². The van der Waals surface area contributed by atoms with Crippen molar-refractivity contribution in [2.75, 3.05) is 26.2 Å². The Morgan fingerprint density at radius 2 is 1.94 bits per heavy atom. The van der Waals surface area contributed by atoms with Crippen LogP contribution in [-0.4, -0.2) is 41.0 Å². The maximum atomic E-state index is 4.06. The molecule has 1 fully saturated rings. The molecule has 18 heavy (non-hydrogen) atoms. The van der Waals surface area contributed by atoms with E-state index in [2.05, 4.69) is 31.6 Å². The van der Waals surface area contributed by atoms with E-state index >= 15 is 0 Å². The highest BCUT2D eigenvalue weighted by atomic mass is 32.1. The van der Waals surface area contributed by atoms with Crippen molar-refractivity contribution >= 4 is 11.3 Å². The first-order valence-corrected chi connectivity index (χ1v) is 7.05. The highest BCUT2D eigenvalue weighted by Crippen LogP contribution is 2.25. The third-order valence-electron chi connectivity index (χ3n) is 3.14. The molecule has 0 atom stereocenters. The predicted molar refractivity (Wildman–Crippen MR) is 73.5 cm³/mol. The van der Waals surface area contributed by atoms with Gasteiger partial charge in [-0.2, -0.15) is 0 Å². The van der Waals surface area contributed by atoms with Crippen molar-refractivity contribution < 1.29 is 0 Å². The Balaban J connectivity index is 1.69. The highest BCUT2D eigenvalue weighted by Gasteiger charge is 2.11. The average molecular weight is 260 g/mol. The zero-order valence-corrected chi connectivity index (χ0v) is 11.0. The molecule has 0 saturated carbocycles. The lowest BCUT2D eigenvalue weighted by Gasteiger charge is -2.26. The van der Waals surface area contributed by atoms with Gasteiger partial charge < -0.3 is 5.32 Å². The number of piperazine rings is 1. The van der Waals surface area contributed by atoms with Crippen LogP contribution in [-0.2, 0) is 6.54 Å². The fraction of sp³-hybridized carbons (Fsp3) is 0.385. The molecule has 0 aromatic carbocycles. The molecule has 2 aromatic rings. The van der Waals surface area contributed by atoms with Crippen LogP contribution in [0.1, 0.15) is 4.88 Å². The largest absolute Gasteiger partial charge is 0.314 e. The lowest BCUT2D eigenvalue weighted by Crippen LogP contribution is -2.42. The summed E-state index contributed by atoms with van der Waals surface area (Å²) < 4.78 is 0. The van der Waals surface area contributed by atoms with Crippen LogP contribution in [0, 0.1) is 0 Å². The standard InChI is InChI=1S/C13H16N4S/c1-3-17(4-2-14-1)8-13-5-11(9-18-13)12-6-15-10-16-7-12/h5-7,9-10,14H,1-4,8H2. The van der Waals surface area contributed by atoms with E-state index in [4.69, 9.17) is 0 Å². The van der Waals surface area contributed by atoms with E-state index < -0.39 is 0 Å². The van der Waals surface area contributed by atoms with Crippen molar-refractivity contribution in [2.45, 2.75) is 6.54 Å². The Morgan fingerprint density at radius 3 is 2.72 bits per heavy atom. The smallest absolute Gasteiger partial charge is 0.115 e. The molecule has 1 N–H and O–H groups in total. The van der Waals surface area contributed by atoms with Crippen LogP contribution in [0.15, 0.2) is 30.2 Å². The summed E-state index contributed by atoms with van der Waals surface area (Å²) in [6.45, 7) is 5.54. The summed E-state index contributed by atoms with van der Waals surface area (Å²) in [6, 6.07) is 2.26. The van der Waals surface area contributed by atoms with Crippen molar-refractivity contribution in [3.05, 3.63) is 35.0 Å². The molecule has 0 unspecified atom stereocenters. The van der Waals surface area contributed by atoms with Crippen LogP contribution >= 0.6 is 11.3 Å². The van der Waals surface area contributed by atoms with E-state index in [9.17, 15) is 0 Å². The Morgan fingerprint density at radius 1 is 1.17 bits per heavy atom. The Hall–Kier alpha value is -1.30. The molecule has 1 aliphatic rings. The van der Waals surface area contributed by atoms with Gasteiger partial charge in [0.2, 0.25) is 0 Å². The molecule has 5 heteroatoms. The molecule has 0 spiro atoms. The maximum Gasteiger partial charge on any atom is 0.115 e. The van der Waals surface area contributed by atoms with E-state index in [0.29, 0.717) is 0 Å². The monoisotopic (exact) mass is 260 g/mol. The summed E-state index contributed by atoms with van der Waals surface area (Å²) in [5.74, 6) is 0. The molecular formula is C13H16N4S. The van der Waals surface area contributed by atoms with Gasteiger partial charge >= 0.3 is 0 Å². The first-order chi connectivity index (χ1) is 8.92. The Labute approximate surface area is 111 Å². The van der Waals surface area contributed by atoms with E-state index in [1.807, 2.05) is 23.7 Å². The number of hydrogen-bond donors (Lipinski definition) is 1. The minimum atomic E-state index is 1.06. The molecule has 4 nitrogen and oxygen atoms in total. The minimum absolute atomic E-state index is 1.06. The first-order valence-electron chi connectivity index (χ1n) is 6.18. The lowest BCUT2D eigenvalue weighted by molar-refractivity contribution is 0.235. The summed E-state index contributed by atoms with van der Waals surface area (Å²) in [6.07, 6.45) is 5.30. The second kappa shape index (κ2) is 5.56. The van der Waals surface area contributed by atoms with E-state index in [0.717, 1.165) is 38.3 Å². The predicted octanol–water partition coefficient (Wildman–Crippen LogP) is 1.61. The molecule has 0 amide bonds. The number of nitrogens with one attached hydrogen (secondary N) is 1. The van der Waals surface area contributed by atoms with Gasteiger partial charge in [-0.15, -0.1) is 11.3 Å². The van der Waals surface area contributed by atoms with Gasteiger partial charge in [-0.05, 0) is 17.0 Å². The average Bonchev–Trinajstić information content (AvgIpc) is 2.89. The van der Waals surface area contributed by atoms with Crippen LogP contribution in [0.2, 0.25) is 0 Å². The molecule has 0 radical (unpaired) electrons. The molecule has 3 heterocycles. The summed E-state index contributed by atoms with van der Waals surface area (Å²) in [4.78, 5) is 12.0. The molecule has 0 bridgehead atoms. The fourth-order valence-electron chi connectivity index (χ4n) is 2.15. The normalized spacial score (nSPS) is 16.9. The van der Waals surface area contributed by atoms with Crippen LogP contribution in [0.5, 0.6) is 0 Å². The summed E-state index contributed by atoms with van der Waals surface area (Å²) >= 11 is 1.82. The third-order valence-corrected chi connectivity index (χ3v) is 4.06. The maximum absolute atomic E-state index is 4.06. The van der Waals surface area contributed by atoms with Crippen molar-refractivity contribution in [1.82, 2.24) is 20.2 Å². The Bertz CT molecular complexity index is 491. The summed E-state index contributed by atoms with van der Waals surface area (Å²) in [7, 11) is 0. The van der Waals surface area contributed by atoms with Gasteiger partial charge in [0, 0.05) is 55.6 Å². The molecular weight excluding hydrogens is 244 g/mol. The topological polar surface area (TPSA) is 41.1 Å². The van der Waals surface area contributed by atoms with Gasteiger partial charge in [0.15, 0.2) is 0 Å².